The molecule has 686 valence electrons. The minimum Gasteiger partial charge on any atom is -0.497 e. The van der Waals surface area contributed by atoms with Crippen LogP contribution >= 0.6 is 0 Å². The summed E-state index contributed by atoms with van der Waals surface area (Å²) in [5.41, 5.74) is 13.4. The van der Waals surface area contributed by atoms with Crippen molar-refractivity contribution in [2.75, 3.05) is 14.2 Å². The Labute approximate surface area is 787 Å². The Kier molecular flexibility index (Phi) is 32.8. The van der Waals surface area contributed by atoms with E-state index in [-0.39, 0.29) is 46.4 Å². The Balaban J connectivity index is 0.000000148. The molecular weight excluding hydrogens is 1760 g/mol. The summed E-state index contributed by atoms with van der Waals surface area (Å²) in [5, 5.41) is 54.1. The lowest BCUT2D eigenvalue weighted by Crippen LogP contribution is -2.06. The van der Waals surface area contributed by atoms with E-state index in [2.05, 4.69) is 89.7 Å². The number of hydrogen-bond donors (Lipinski definition) is 6. The summed E-state index contributed by atoms with van der Waals surface area (Å²) in [5.74, 6) is -1.68. The van der Waals surface area contributed by atoms with Crippen LogP contribution in [0.5, 0.6) is 11.5 Å². The first-order valence-electron chi connectivity index (χ1n) is 41.2. The molecule has 0 bridgehead atoms. The first-order valence-corrected chi connectivity index (χ1v) is 41.2. The average Bonchev–Trinajstić information content (AvgIpc) is 0.793. The second-order valence-electron chi connectivity index (χ2n) is 29.6. The lowest BCUT2D eigenvalue weighted by molar-refractivity contribution is 0.0174. The van der Waals surface area contributed by atoms with Gasteiger partial charge < -0.3 is 40.1 Å². The van der Waals surface area contributed by atoms with Crippen molar-refractivity contribution in [3.63, 3.8) is 0 Å². The molecule has 0 fully saturated rings. The molecule has 138 heavy (non-hydrogen) atoms. The Morgan fingerprint density at radius 2 is 0.442 bits per heavy atom. The highest BCUT2D eigenvalue weighted by atomic mass is 19.3. The zero-order valence-electron chi connectivity index (χ0n) is 73.4. The highest BCUT2D eigenvalue weighted by Gasteiger charge is 2.25. The third-order valence-electron chi connectivity index (χ3n) is 19.9. The van der Waals surface area contributed by atoms with Gasteiger partial charge in [0.1, 0.15) is 49.5 Å². The van der Waals surface area contributed by atoms with Crippen molar-refractivity contribution in [3.8, 4) is 148 Å². The van der Waals surface area contributed by atoms with Crippen molar-refractivity contribution >= 4 is 35.8 Å². The van der Waals surface area contributed by atoms with Gasteiger partial charge in [-0.25, -0.2) is 127 Å². The molecule has 0 unspecified atom stereocenters. The zero-order valence-corrected chi connectivity index (χ0v) is 73.4. The van der Waals surface area contributed by atoms with Crippen molar-refractivity contribution in [2.24, 2.45) is 0 Å². The molecule has 0 radical (unpaired) electrons. The second kappa shape index (κ2) is 46.2. The summed E-state index contributed by atoms with van der Waals surface area (Å²) in [7, 11) is 3.20. The molecule has 18 rings (SSSR count). The number of ether oxygens (including phenoxy) is 2. The summed E-state index contributed by atoms with van der Waals surface area (Å²) in [4.78, 5) is 142. The summed E-state index contributed by atoms with van der Waals surface area (Å²) in [6.07, 6.45) is 8.48. The number of nitrogens with zero attached hydrogens (tertiary/aromatic N) is 18. The monoisotopic (exact) mass is 1840 g/mol. The van der Waals surface area contributed by atoms with Gasteiger partial charge in [0.15, 0.2) is 69.9 Å². The molecule has 0 saturated carbocycles. The van der Waals surface area contributed by atoms with Crippen molar-refractivity contribution in [1.29, 1.82) is 0 Å². The van der Waals surface area contributed by atoms with Crippen molar-refractivity contribution < 1.29 is 77.7 Å². The van der Waals surface area contributed by atoms with Crippen LogP contribution in [0, 0.1) is 20.8 Å². The molecule has 34 heteroatoms. The van der Waals surface area contributed by atoms with Crippen LogP contribution in [0.1, 0.15) is 98.8 Å². The fraction of sp³-hybridized carbons (Fsp3) is 0.0769. The smallest absolute Gasteiger partial charge is 0.335 e. The predicted molar refractivity (Wildman–Crippen MR) is 510 cm³/mol. The van der Waals surface area contributed by atoms with Gasteiger partial charge in [0.05, 0.1) is 47.6 Å². The van der Waals surface area contributed by atoms with Gasteiger partial charge >= 0.3 is 35.8 Å². The molecule has 6 N–H and O–H groups in total. The molecule has 6 aromatic heterocycles. The van der Waals surface area contributed by atoms with Crippen LogP contribution in [0.2, 0.25) is 0 Å². The van der Waals surface area contributed by atoms with Gasteiger partial charge in [-0.2, -0.15) is 0 Å². The minimum absolute atomic E-state index is 0. The molecule has 0 aliphatic carbocycles. The van der Waals surface area contributed by atoms with Crippen LogP contribution in [0.15, 0.2) is 329 Å². The number of carbonyl (C=O) groups is 6. The molecule has 0 saturated heterocycles. The molecule has 0 aliphatic heterocycles. The van der Waals surface area contributed by atoms with E-state index in [1.54, 1.807) is 93.1 Å². The van der Waals surface area contributed by atoms with E-state index >= 15 is 0 Å². The molecule has 12 aromatic carbocycles. The van der Waals surface area contributed by atoms with E-state index in [4.69, 9.17) is 40.1 Å². The summed E-state index contributed by atoms with van der Waals surface area (Å²) >= 11 is 0. The SMILES string of the molecule is C.CC(F)(F)c1ccc(-c2ncnc(-c3cccc(C(=O)O)c3)n2)cc1.COc1ccc(-c2ncnc(-c3cccc(C(=O)O)c3)n2)cc1.COc1cccc(-c2ncnc(-c3cccc(C(=O)O)c3)n2)c1.Cc1ccc(-c2ncnc(-c3ccc(C(=O)O)cc3)n2)cc1.Cc1ccc(-c2ncnc(-c3ccc(C(=O)O)cc3)n2)cc1.Cc1cccc(-c2ncnc(-c3cccc(C(=O)O)c3)n2)c1. The van der Waals surface area contributed by atoms with E-state index < -0.39 is 41.7 Å². The van der Waals surface area contributed by atoms with Gasteiger partial charge in [-0.15, -0.1) is 0 Å². The normalized spacial score (nSPS) is 10.5. The molecule has 0 aliphatic rings. The number of aryl methyl sites for hydroxylation is 3. The lowest BCUT2D eigenvalue weighted by Gasteiger charge is -2.10. The highest BCUT2D eigenvalue weighted by Crippen LogP contribution is 2.32. The fourth-order valence-corrected chi connectivity index (χ4v) is 12.7. The van der Waals surface area contributed by atoms with Gasteiger partial charge in [0.25, 0.3) is 5.92 Å². The maximum atomic E-state index is 13.3. The van der Waals surface area contributed by atoms with Crippen molar-refractivity contribution in [3.05, 3.63) is 385 Å². The first kappa shape index (κ1) is 98.0. The van der Waals surface area contributed by atoms with Gasteiger partial charge in [0, 0.05) is 79.2 Å². The predicted octanol–water partition coefficient (Wildman–Crippen LogP) is 20.1. The fourth-order valence-electron chi connectivity index (χ4n) is 12.7. The van der Waals surface area contributed by atoms with E-state index in [0.29, 0.717) is 103 Å². The molecule has 18 aromatic rings. The van der Waals surface area contributed by atoms with Gasteiger partial charge in [-0.3, -0.25) is 0 Å². The summed E-state index contributed by atoms with van der Waals surface area (Å²) < 4.78 is 36.9. The number of benzene rings is 12. The Morgan fingerprint density at radius 3 is 0.681 bits per heavy atom. The standard InChI is InChI=1S/C18H13F2N3O2.2C17H13N3O3.3C17H13N3O2.CH4/c1-18(19,20)14-7-5-11(6-8-14)15-21-10-22-16(23-15)12-3-2-4-13(9-12)17(24)25;1-23-14-7-3-5-12(9-14)16-19-10-18-15(20-16)11-4-2-6-13(8-11)17(21)22;1-23-14-7-5-11(6-8-14)15-18-10-19-16(20-15)12-3-2-4-13(9-12)17(21)22;2*1-11-2-4-12(5-3-11)15-18-10-19-16(20-15)13-6-8-14(9-7-13)17(21)22;1-11-4-2-5-12(8-11)15-18-10-19-16(20-15)13-6-3-7-14(9-13)17(21)22;/h2-10H,1H3,(H,24,25);2*2-10H,1H3,(H,21,22);3*2-10H,1H3,(H,21,22);1H4. The number of hydrogen-bond acceptors (Lipinski definition) is 26. The molecule has 0 amide bonds. The van der Waals surface area contributed by atoms with E-state index in [0.717, 1.165) is 57.2 Å². The molecule has 6 heterocycles. The number of halogens is 2. The highest BCUT2D eigenvalue weighted by molar-refractivity contribution is 5.92. The van der Waals surface area contributed by atoms with Crippen LogP contribution < -0.4 is 9.47 Å². The van der Waals surface area contributed by atoms with Gasteiger partial charge in [-0.1, -0.05) is 200 Å². The van der Waals surface area contributed by atoms with Crippen LogP contribution in [-0.2, 0) is 5.92 Å². The Hall–Kier alpha value is -19.0. The quantitative estimate of drug-likeness (QED) is 0.0389. The average molecular weight is 1850 g/mol. The Bertz CT molecular complexity index is 7220. The third-order valence-corrected chi connectivity index (χ3v) is 19.9. The molecule has 0 spiro atoms. The summed E-state index contributed by atoms with van der Waals surface area (Å²) in [6.45, 7) is 6.87. The molecule has 32 nitrogen and oxygen atoms in total. The maximum Gasteiger partial charge on any atom is 0.335 e. The second-order valence-corrected chi connectivity index (χ2v) is 29.6. The Morgan fingerprint density at radius 1 is 0.232 bits per heavy atom. The number of aromatic carboxylic acids is 6. The number of carboxylic acids is 6. The first-order chi connectivity index (χ1) is 66.1. The summed E-state index contributed by atoms with van der Waals surface area (Å²) in [6, 6.07) is 82.8. The number of alkyl halides is 2. The van der Waals surface area contributed by atoms with Crippen molar-refractivity contribution in [1.82, 2.24) is 89.7 Å². The van der Waals surface area contributed by atoms with Crippen LogP contribution in [0.4, 0.5) is 8.78 Å². The van der Waals surface area contributed by atoms with Gasteiger partial charge in [0.2, 0.25) is 0 Å². The van der Waals surface area contributed by atoms with Crippen LogP contribution in [0.3, 0.4) is 0 Å². The minimum atomic E-state index is -2.92. The number of carboxylic acid groups (broad SMARTS) is 6. The van der Waals surface area contributed by atoms with E-state index in [9.17, 15) is 37.5 Å². The van der Waals surface area contributed by atoms with Gasteiger partial charge in [-0.05, 0) is 136 Å². The zero-order chi connectivity index (χ0) is 97.1. The number of aromatic nitrogens is 18. The van der Waals surface area contributed by atoms with E-state index in [1.165, 1.54) is 140 Å². The maximum absolute atomic E-state index is 13.3. The van der Waals surface area contributed by atoms with Crippen LogP contribution in [-0.4, -0.2) is 170 Å². The van der Waals surface area contributed by atoms with E-state index in [1.807, 2.05) is 142 Å². The lowest BCUT2D eigenvalue weighted by atomic mass is 10.1. The van der Waals surface area contributed by atoms with Crippen molar-refractivity contribution in [2.45, 2.75) is 41.0 Å². The number of methoxy groups -OCH3 is 2. The number of rotatable bonds is 21. The third kappa shape index (κ3) is 26.7. The largest absolute Gasteiger partial charge is 0.497 e. The topological polar surface area (TPSA) is 474 Å². The molecule has 0 atom stereocenters. The molecular formula is C104H82F2N18O14. The van der Waals surface area contributed by atoms with Crippen LogP contribution in [0.25, 0.3) is 137 Å².